The SMILES string of the molecule is Cc1[nH]c2ccccc2c1CCNC(=O)C(O)CN. The Morgan fingerprint density at radius 2 is 2.21 bits per heavy atom. The first-order valence-electron chi connectivity index (χ1n) is 6.35. The minimum atomic E-state index is -1.12. The molecular formula is C14H19N3O2. The predicted molar refractivity (Wildman–Crippen MR) is 74.8 cm³/mol. The number of H-pyrrole nitrogens is 1. The van der Waals surface area contributed by atoms with E-state index in [0.717, 1.165) is 17.6 Å². The van der Waals surface area contributed by atoms with Crippen LogP contribution in [0.3, 0.4) is 0 Å². The molecule has 0 radical (unpaired) electrons. The number of aliphatic hydroxyl groups is 1. The van der Waals surface area contributed by atoms with Crippen LogP contribution in [0.1, 0.15) is 11.3 Å². The molecule has 0 aliphatic rings. The molecule has 1 atom stereocenters. The smallest absolute Gasteiger partial charge is 0.250 e. The fourth-order valence-corrected chi connectivity index (χ4v) is 2.19. The summed E-state index contributed by atoms with van der Waals surface area (Å²) in [5.41, 5.74) is 8.62. The van der Waals surface area contributed by atoms with Crippen LogP contribution in [0.2, 0.25) is 0 Å². The molecule has 0 fully saturated rings. The molecule has 0 saturated heterocycles. The van der Waals surface area contributed by atoms with Gasteiger partial charge < -0.3 is 21.1 Å². The van der Waals surface area contributed by atoms with Gasteiger partial charge in [0, 0.05) is 29.7 Å². The molecule has 1 heterocycles. The summed E-state index contributed by atoms with van der Waals surface area (Å²) in [5, 5.41) is 13.1. The second-order valence-corrected chi connectivity index (χ2v) is 4.57. The van der Waals surface area contributed by atoms with Gasteiger partial charge in [0.15, 0.2) is 0 Å². The van der Waals surface area contributed by atoms with Crippen molar-refractivity contribution >= 4 is 16.8 Å². The van der Waals surface area contributed by atoms with Gasteiger partial charge in [-0.1, -0.05) is 18.2 Å². The number of aliphatic hydroxyl groups excluding tert-OH is 1. The standard InChI is InChI=1S/C14H19N3O2/c1-9-10(6-7-16-14(19)13(18)8-15)11-4-2-3-5-12(11)17-9/h2-5,13,17-18H,6-8,15H2,1H3,(H,16,19). The zero-order chi connectivity index (χ0) is 13.8. The number of para-hydroxylation sites is 1. The zero-order valence-corrected chi connectivity index (χ0v) is 10.9. The molecule has 0 saturated carbocycles. The quantitative estimate of drug-likeness (QED) is 0.630. The first-order valence-corrected chi connectivity index (χ1v) is 6.35. The maximum absolute atomic E-state index is 11.4. The van der Waals surface area contributed by atoms with E-state index < -0.39 is 12.0 Å². The van der Waals surface area contributed by atoms with Gasteiger partial charge in [0.2, 0.25) is 5.91 Å². The topological polar surface area (TPSA) is 91.1 Å². The summed E-state index contributed by atoms with van der Waals surface area (Å²) in [6.07, 6.45) is -0.400. The Balaban J connectivity index is 2.02. The molecule has 0 bridgehead atoms. The maximum Gasteiger partial charge on any atom is 0.250 e. The first kappa shape index (κ1) is 13.6. The van der Waals surface area contributed by atoms with Gasteiger partial charge in [-0.3, -0.25) is 4.79 Å². The Morgan fingerprint density at radius 3 is 2.95 bits per heavy atom. The van der Waals surface area contributed by atoms with Crippen molar-refractivity contribution in [3.8, 4) is 0 Å². The number of hydrogen-bond donors (Lipinski definition) is 4. The van der Waals surface area contributed by atoms with Crippen molar-refractivity contribution in [1.82, 2.24) is 10.3 Å². The highest BCUT2D eigenvalue weighted by Gasteiger charge is 2.13. The Labute approximate surface area is 111 Å². The Bertz CT molecular complexity index is 577. The molecule has 5 N–H and O–H groups in total. The van der Waals surface area contributed by atoms with E-state index in [9.17, 15) is 9.90 Å². The van der Waals surface area contributed by atoms with Crippen LogP contribution in [0.25, 0.3) is 10.9 Å². The van der Waals surface area contributed by atoms with Crippen LogP contribution in [-0.4, -0.2) is 35.2 Å². The summed E-state index contributed by atoms with van der Waals surface area (Å²) >= 11 is 0. The summed E-state index contributed by atoms with van der Waals surface area (Å²) in [6, 6.07) is 8.07. The number of aryl methyl sites for hydroxylation is 1. The molecule has 0 aliphatic heterocycles. The van der Waals surface area contributed by atoms with Crippen molar-refractivity contribution in [3.05, 3.63) is 35.5 Å². The minimum absolute atomic E-state index is 0.0576. The normalized spacial score (nSPS) is 12.6. The first-order chi connectivity index (χ1) is 9.13. The van der Waals surface area contributed by atoms with E-state index in [1.54, 1.807) is 0 Å². The Hall–Kier alpha value is -1.85. The van der Waals surface area contributed by atoms with Crippen molar-refractivity contribution < 1.29 is 9.90 Å². The summed E-state index contributed by atoms with van der Waals surface area (Å²) in [4.78, 5) is 14.7. The van der Waals surface area contributed by atoms with E-state index in [1.807, 2.05) is 25.1 Å². The van der Waals surface area contributed by atoms with Gasteiger partial charge in [0.1, 0.15) is 6.10 Å². The fourth-order valence-electron chi connectivity index (χ4n) is 2.19. The van der Waals surface area contributed by atoms with E-state index in [2.05, 4.69) is 16.4 Å². The number of benzene rings is 1. The third-order valence-electron chi connectivity index (χ3n) is 3.23. The largest absolute Gasteiger partial charge is 0.382 e. The number of amides is 1. The van der Waals surface area contributed by atoms with Gasteiger partial charge in [-0.25, -0.2) is 0 Å². The predicted octanol–water partition coefficient (Wildman–Crippen LogP) is 0.455. The van der Waals surface area contributed by atoms with E-state index in [-0.39, 0.29) is 6.54 Å². The summed E-state index contributed by atoms with van der Waals surface area (Å²) in [6.45, 7) is 2.45. The van der Waals surface area contributed by atoms with E-state index in [1.165, 1.54) is 10.9 Å². The summed E-state index contributed by atoms with van der Waals surface area (Å²) in [5.74, 6) is -0.417. The number of carbonyl (C=O) groups is 1. The molecule has 1 aromatic heterocycles. The number of nitrogens with two attached hydrogens (primary N) is 1. The highest BCUT2D eigenvalue weighted by Crippen LogP contribution is 2.21. The van der Waals surface area contributed by atoms with Gasteiger partial charge in [-0.15, -0.1) is 0 Å². The van der Waals surface area contributed by atoms with Gasteiger partial charge >= 0.3 is 0 Å². The number of aromatic amines is 1. The zero-order valence-electron chi connectivity index (χ0n) is 10.9. The molecule has 0 spiro atoms. The summed E-state index contributed by atoms with van der Waals surface area (Å²) < 4.78 is 0. The Kier molecular flexibility index (Phi) is 4.19. The number of aromatic nitrogens is 1. The molecule has 5 nitrogen and oxygen atoms in total. The minimum Gasteiger partial charge on any atom is -0.382 e. The average molecular weight is 261 g/mol. The van der Waals surface area contributed by atoms with Crippen LogP contribution in [0, 0.1) is 6.92 Å². The van der Waals surface area contributed by atoms with Crippen LogP contribution in [-0.2, 0) is 11.2 Å². The van der Waals surface area contributed by atoms with Crippen molar-refractivity contribution in [2.24, 2.45) is 5.73 Å². The molecule has 0 aliphatic carbocycles. The molecule has 2 rings (SSSR count). The average Bonchev–Trinajstić information content (AvgIpc) is 2.74. The van der Waals surface area contributed by atoms with E-state index in [0.29, 0.717) is 6.54 Å². The molecule has 102 valence electrons. The second kappa shape index (κ2) is 5.86. The Morgan fingerprint density at radius 1 is 1.47 bits per heavy atom. The van der Waals surface area contributed by atoms with Crippen molar-refractivity contribution in [2.45, 2.75) is 19.4 Å². The number of rotatable bonds is 5. The molecule has 1 aromatic carbocycles. The second-order valence-electron chi connectivity index (χ2n) is 4.57. The number of fused-ring (bicyclic) bond motifs is 1. The number of hydrogen-bond acceptors (Lipinski definition) is 3. The summed E-state index contributed by atoms with van der Waals surface area (Å²) in [7, 11) is 0. The lowest BCUT2D eigenvalue weighted by molar-refractivity contribution is -0.128. The maximum atomic E-state index is 11.4. The van der Waals surface area contributed by atoms with Crippen LogP contribution in [0.4, 0.5) is 0 Å². The lowest BCUT2D eigenvalue weighted by atomic mass is 10.1. The van der Waals surface area contributed by atoms with Crippen molar-refractivity contribution in [2.75, 3.05) is 13.1 Å². The molecule has 19 heavy (non-hydrogen) atoms. The highest BCUT2D eigenvalue weighted by molar-refractivity contribution is 5.85. The highest BCUT2D eigenvalue weighted by atomic mass is 16.3. The van der Waals surface area contributed by atoms with Crippen molar-refractivity contribution in [1.29, 1.82) is 0 Å². The third-order valence-corrected chi connectivity index (χ3v) is 3.23. The number of nitrogens with one attached hydrogen (secondary N) is 2. The van der Waals surface area contributed by atoms with Crippen LogP contribution in [0.5, 0.6) is 0 Å². The van der Waals surface area contributed by atoms with Gasteiger partial charge in [-0.05, 0) is 25.0 Å². The molecule has 1 unspecified atom stereocenters. The lowest BCUT2D eigenvalue weighted by Crippen LogP contribution is -2.40. The van der Waals surface area contributed by atoms with E-state index >= 15 is 0 Å². The fraction of sp³-hybridized carbons (Fsp3) is 0.357. The van der Waals surface area contributed by atoms with Crippen LogP contribution >= 0.6 is 0 Å². The molecular weight excluding hydrogens is 242 g/mol. The van der Waals surface area contributed by atoms with Gasteiger partial charge in [0.05, 0.1) is 0 Å². The monoisotopic (exact) mass is 261 g/mol. The van der Waals surface area contributed by atoms with Gasteiger partial charge in [0.25, 0.3) is 0 Å². The number of carbonyl (C=O) groups excluding carboxylic acids is 1. The molecule has 5 heteroatoms. The third kappa shape index (κ3) is 2.94. The van der Waals surface area contributed by atoms with Crippen LogP contribution in [0.15, 0.2) is 24.3 Å². The van der Waals surface area contributed by atoms with E-state index in [4.69, 9.17) is 5.73 Å². The molecule has 2 aromatic rings. The van der Waals surface area contributed by atoms with Crippen LogP contribution < -0.4 is 11.1 Å². The van der Waals surface area contributed by atoms with Gasteiger partial charge in [-0.2, -0.15) is 0 Å². The van der Waals surface area contributed by atoms with Crippen molar-refractivity contribution in [3.63, 3.8) is 0 Å². The lowest BCUT2D eigenvalue weighted by Gasteiger charge is -2.09. The molecule has 1 amide bonds.